The predicted molar refractivity (Wildman–Crippen MR) is 83.4 cm³/mol. The number of rotatable bonds is 6. The minimum atomic E-state index is -1.26. The first-order chi connectivity index (χ1) is 10.2. The van der Waals surface area contributed by atoms with E-state index in [2.05, 4.69) is 19.2 Å². The number of nitrogens with one attached hydrogen (secondary N) is 1. The van der Waals surface area contributed by atoms with Gasteiger partial charge in [-0.2, -0.15) is 0 Å². The summed E-state index contributed by atoms with van der Waals surface area (Å²) in [5, 5.41) is 28.6. The number of carbonyl (C=O) groups is 2. The lowest BCUT2D eigenvalue weighted by Crippen LogP contribution is -2.27. The van der Waals surface area contributed by atoms with Gasteiger partial charge in [0.05, 0.1) is 6.10 Å². The summed E-state index contributed by atoms with van der Waals surface area (Å²) in [6.07, 6.45) is 0.656. The van der Waals surface area contributed by atoms with Gasteiger partial charge in [0, 0.05) is 30.4 Å². The first-order valence-corrected chi connectivity index (χ1v) is 6.63. The molecule has 0 bridgehead atoms. The smallest absolute Gasteiger partial charge is 0.328 e. The van der Waals surface area contributed by atoms with Crippen molar-refractivity contribution in [1.29, 1.82) is 0 Å². The number of aliphatic carboxylic acids is 2. The molecule has 0 spiro atoms. The summed E-state index contributed by atoms with van der Waals surface area (Å²) < 4.78 is 0. The maximum absolute atomic E-state index is 9.76. The number of anilines is 1. The summed E-state index contributed by atoms with van der Waals surface area (Å²) in [5.74, 6) is -2.51. The molecule has 1 aromatic carbocycles. The van der Waals surface area contributed by atoms with E-state index in [0.29, 0.717) is 24.7 Å². The average molecular weight is 310 g/mol. The number of nitrogens with two attached hydrogens (primary N) is 1. The van der Waals surface area contributed by atoms with Crippen LogP contribution in [0.1, 0.15) is 25.5 Å². The largest absolute Gasteiger partial charge is 0.478 e. The second-order valence-electron chi connectivity index (χ2n) is 4.76. The summed E-state index contributed by atoms with van der Waals surface area (Å²) >= 11 is 0. The van der Waals surface area contributed by atoms with Crippen molar-refractivity contribution in [3.05, 3.63) is 42.0 Å². The van der Waals surface area contributed by atoms with Crippen LogP contribution < -0.4 is 11.1 Å². The molecule has 1 atom stereocenters. The fraction of sp³-hybridized carbons (Fsp3) is 0.333. The zero-order chi connectivity index (χ0) is 17.1. The van der Waals surface area contributed by atoms with Gasteiger partial charge in [0.2, 0.25) is 0 Å². The van der Waals surface area contributed by atoms with Crippen molar-refractivity contribution in [1.82, 2.24) is 5.32 Å². The van der Waals surface area contributed by atoms with E-state index in [-0.39, 0.29) is 0 Å². The third kappa shape index (κ3) is 10.4. The molecule has 0 aliphatic carbocycles. The maximum atomic E-state index is 9.76. The van der Waals surface area contributed by atoms with Crippen LogP contribution >= 0.6 is 0 Å². The topological polar surface area (TPSA) is 133 Å². The molecule has 0 heterocycles. The van der Waals surface area contributed by atoms with E-state index in [1.54, 1.807) is 12.1 Å². The van der Waals surface area contributed by atoms with E-state index < -0.39 is 18.0 Å². The normalized spacial score (nSPS) is 11.8. The van der Waals surface area contributed by atoms with Gasteiger partial charge in [0.15, 0.2) is 0 Å². The predicted octanol–water partition coefficient (Wildman–Crippen LogP) is 1.01. The molecule has 7 heteroatoms. The van der Waals surface area contributed by atoms with Crippen molar-refractivity contribution in [2.24, 2.45) is 0 Å². The van der Waals surface area contributed by atoms with Crippen LogP contribution in [-0.2, 0) is 9.59 Å². The van der Waals surface area contributed by atoms with E-state index in [1.165, 1.54) is 0 Å². The molecule has 22 heavy (non-hydrogen) atoms. The highest BCUT2D eigenvalue weighted by Crippen LogP contribution is 2.13. The van der Waals surface area contributed by atoms with Crippen molar-refractivity contribution < 1.29 is 24.9 Å². The Morgan fingerprint density at radius 1 is 1.14 bits per heavy atom. The molecule has 0 saturated carbocycles. The minimum absolute atomic E-state index is 0.387. The van der Waals surface area contributed by atoms with E-state index in [9.17, 15) is 14.7 Å². The number of hydrogen-bond acceptors (Lipinski definition) is 5. The van der Waals surface area contributed by atoms with Gasteiger partial charge in [-0.05, 0) is 17.7 Å². The quantitative estimate of drug-likeness (QED) is 0.391. The van der Waals surface area contributed by atoms with E-state index in [4.69, 9.17) is 15.9 Å². The van der Waals surface area contributed by atoms with Gasteiger partial charge in [-0.25, -0.2) is 9.59 Å². The van der Waals surface area contributed by atoms with E-state index in [0.717, 1.165) is 11.3 Å². The molecule has 0 aliphatic heterocycles. The Morgan fingerprint density at radius 2 is 1.59 bits per heavy atom. The Bertz CT molecular complexity index is 481. The fourth-order valence-corrected chi connectivity index (χ4v) is 1.33. The lowest BCUT2D eigenvalue weighted by molar-refractivity contribution is -0.134. The van der Waals surface area contributed by atoms with Gasteiger partial charge < -0.3 is 26.4 Å². The molecule has 122 valence electrons. The Hall–Kier alpha value is -2.38. The highest BCUT2D eigenvalue weighted by molar-refractivity contribution is 5.89. The number of aliphatic hydroxyl groups excluding tert-OH is 1. The molecule has 0 radical (unpaired) electrons. The van der Waals surface area contributed by atoms with E-state index >= 15 is 0 Å². The zero-order valence-corrected chi connectivity index (χ0v) is 12.6. The lowest BCUT2D eigenvalue weighted by atomic mass is 10.1. The van der Waals surface area contributed by atoms with Crippen LogP contribution in [-0.4, -0.2) is 39.8 Å². The van der Waals surface area contributed by atoms with Crippen LogP contribution in [0.5, 0.6) is 0 Å². The molecule has 1 rings (SSSR count). The Balaban J connectivity index is 0.000000472. The van der Waals surface area contributed by atoms with Gasteiger partial charge in [0.1, 0.15) is 0 Å². The van der Waals surface area contributed by atoms with E-state index in [1.807, 2.05) is 12.1 Å². The summed E-state index contributed by atoms with van der Waals surface area (Å²) in [5.41, 5.74) is 7.17. The third-order valence-electron chi connectivity index (χ3n) is 2.41. The summed E-state index contributed by atoms with van der Waals surface area (Å²) in [7, 11) is 0. The Labute approximate surface area is 129 Å². The monoisotopic (exact) mass is 310 g/mol. The molecular formula is C15H22N2O5. The molecule has 0 amide bonds. The highest BCUT2D eigenvalue weighted by Gasteiger charge is 2.06. The van der Waals surface area contributed by atoms with Crippen LogP contribution in [0.3, 0.4) is 0 Å². The number of carboxylic acids is 2. The van der Waals surface area contributed by atoms with Crippen LogP contribution in [0.15, 0.2) is 36.4 Å². The second kappa shape index (κ2) is 10.4. The molecule has 0 fully saturated rings. The third-order valence-corrected chi connectivity index (χ3v) is 2.41. The van der Waals surface area contributed by atoms with Gasteiger partial charge in [-0.3, -0.25) is 0 Å². The molecule has 1 unspecified atom stereocenters. The van der Waals surface area contributed by atoms with Crippen molar-refractivity contribution in [2.45, 2.75) is 26.0 Å². The van der Waals surface area contributed by atoms with Gasteiger partial charge in [-0.1, -0.05) is 26.0 Å². The van der Waals surface area contributed by atoms with Crippen molar-refractivity contribution in [3.63, 3.8) is 0 Å². The van der Waals surface area contributed by atoms with Crippen LogP contribution in [0, 0.1) is 0 Å². The summed E-state index contributed by atoms with van der Waals surface area (Å²) in [4.78, 5) is 19.1. The summed E-state index contributed by atoms with van der Waals surface area (Å²) in [6.45, 7) is 4.67. The molecule has 7 nitrogen and oxygen atoms in total. The Morgan fingerprint density at radius 3 is 1.95 bits per heavy atom. The van der Waals surface area contributed by atoms with Crippen LogP contribution in [0.25, 0.3) is 0 Å². The van der Waals surface area contributed by atoms with Crippen molar-refractivity contribution in [3.8, 4) is 0 Å². The lowest BCUT2D eigenvalue weighted by Gasteiger charge is -2.14. The SMILES string of the molecule is CC(C)NCC(O)c1ccc(N)cc1.O=C(O)C=CC(=O)O. The van der Waals surface area contributed by atoms with Gasteiger partial charge in [-0.15, -0.1) is 0 Å². The van der Waals surface area contributed by atoms with Gasteiger partial charge in [0.25, 0.3) is 0 Å². The number of nitrogen functional groups attached to an aromatic ring is 1. The van der Waals surface area contributed by atoms with Crippen molar-refractivity contribution >= 4 is 17.6 Å². The molecule has 6 N–H and O–H groups in total. The van der Waals surface area contributed by atoms with Crippen LogP contribution in [0.4, 0.5) is 5.69 Å². The molecular weight excluding hydrogens is 288 g/mol. The minimum Gasteiger partial charge on any atom is -0.478 e. The molecule has 0 saturated heterocycles. The fourth-order valence-electron chi connectivity index (χ4n) is 1.33. The molecule has 1 aromatic rings. The average Bonchev–Trinajstić information content (AvgIpc) is 2.44. The Kier molecular flexibility index (Phi) is 9.24. The zero-order valence-electron chi connectivity index (χ0n) is 12.6. The summed E-state index contributed by atoms with van der Waals surface area (Å²) in [6, 6.07) is 7.68. The van der Waals surface area contributed by atoms with Crippen LogP contribution in [0.2, 0.25) is 0 Å². The molecule has 0 aliphatic rings. The highest BCUT2D eigenvalue weighted by atomic mass is 16.4. The van der Waals surface area contributed by atoms with Crippen molar-refractivity contribution in [2.75, 3.05) is 12.3 Å². The second-order valence-corrected chi connectivity index (χ2v) is 4.76. The number of aliphatic hydroxyl groups is 1. The van der Waals surface area contributed by atoms with Gasteiger partial charge >= 0.3 is 11.9 Å². The molecule has 0 aromatic heterocycles. The first kappa shape index (κ1) is 19.6. The number of hydrogen-bond donors (Lipinski definition) is 5. The maximum Gasteiger partial charge on any atom is 0.328 e. The number of carboxylic acid groups (broad SMARTS) is 2. The number of benzene rings is 1. The standard InChI is InChI=1S/C11H18N2O.C4H4O4/c1-8(2)13-7-11(14)9-3-5-10(12)6-4-9;5-3(6)1-2-4(7)8/h3-6,8,11,13-14H,7,12H2,1-2H3;1-2H,(H,5,6)(H,7,8). The first-order valence-electron chi connectivity index (χ1n) is 6.63.